The fourth-order valence-electron chi connectivity index (χ4n) is 5.16. The molecule has 1 aliphatic carbocycles. The van der Waals surface area contributed by atoms with Crippen LogP contribution in [0, 0.1) is 0 Å². The molecule has 5 aromatic rings. The van der Waals surface area contributed by atoms with E-state index in [0.717, 1.165) is 63.8 Å². The van der Waals surface area contributed by atoms with Crippen LogP contribution < -0.4 is 10.3 Å². The number of fused-ring (bicyclic) bond motifs is 4. The van der Waals surface area contributed by atoms with Crippen LogP contribution in [-0.2, 0) is 19.3 Å². The molecule has 0 aliphatic heterocycles. The van der Waals surface area contributed by atoms with Crippen molar-refractivity contribution in [3.05, 3.63) is 80.6 Å². The predicted octanol–water partition coefficient (Wildman–Crippen LogP) is 6.35. The van der Waals surface area contributed by atoms with Gasteiger partial charge in [0.1, 0.15) is 10.6 Å². The van der Waals surface area contributed by atoms with Crippen molar-refractivity contribution in [1.29, 1.82) is 0 Å². The summed E-state index contributed by atoms with van der Waals surface area (Å²) in [6.45, 7) is 4.62. The Morgan fingerprint density at radius 1 is 1.16 bits per heavy atom. The normalized spacial score (nSPS) is 12.9. The number of Topliss-reactive ketones (excluding diaryl/α,β-unsaturated/α-hetero) is 1. The predicted molar refractivity (Wildman–Crippen MR) is 151 cm³/mol. The van der Waals surface area contributed by atoms with Gasteiger partial charge in [0, 0.05) is 27.5 Å². The average Bonchev–Trinajstić information content (AvgIpc) is 3.62. The minimum Gasteiger partial charge on any atom is -0.494 e. The number of carbonyl (C=O) groups excluding carboxylic acids is 1. The fraction of sp³-hybridized carbons (Fsp3) is 0.276. The van der Waals surface area contributed by atoms with E-state index in [1.165, 1.54) is 22.2 Å². The number of H-pyrrole nitrogens is 1. The van der Waals surface area contributed by atoms with Crippen molar-refractivity contribution in [1.82, 2.24) is 14.5 Å². The minimum atomic E-state index is -0.0665. The quantitative estimate of drug-likeness (QED) is 0.144. The molecule has 1 N–H and O–H groups in total. The van der Waals surface area contributed by atoms with Gasteiger partial charge in [-0.15, -0.1) is 11.3 Å². The van der Waals surface area contributed by atoms with Gasteiger partial charge in [-0.05, 0) is 68.0 Å². The van der Waals surface area contributed by atoms with Gasteiger partial charge in [0.2, 0.25) is 0 Å². The molecule has 3 heterocycles. The third-order valence-electron chi connectivity index (χ3n) is 6.93. The van der Waals surface area contributed by atoms with E-state index in [-0.39, 0.29) is 17.1 Å². The lowest BCUT2D eigenvalue weighted by atomic mass is 10.1. The third kappa shape index (κ3) is 4.18. The summed E-state index contributed by atoms with van der Waals surface area (Å²) >= 11 is 2.93. The number of thiophene rings is 1. The van der Waals surface area contributed by atoms with E-state index in [1.54, 1.807) is 22.1 Å². The van der Waals surface area contributed by atoms with E-state index in [0.29, 0.717) is 17.3 Å². The first kappa shape index (κ1) is 24.0. The Morgan fingerprint density at radius 2 is 2.00 bits per heavy atom. The highest BCUT2D eigenvalue weighted by Crippen LogP contribution is 2.36. The van der Waals surface area contributed by atoms with Crippen LogP contribution in [-0.4, -0.2) is 32.7 Å². The van der Waals surface area contributed by atoms with Crippen LogP contribution in [0.5, 0.6) is 5.75 Å². The summed E-state index contributed by atoms with van der Waals surface area (Å²) in [5.74, 6) is 0.939. The number of hydrogen-bond acceptors (Lipinski definition) is 6. The minimum absolute atomic E-state index is 0.00534. The molecule has 0 saturated carbocycles. The highest BCUT2D eigenvalue weighted by Gasteiger charge is 2.24. The molecule has 3 aromatic heterocycles. The van der Waals surface area contributed by atoms with E-state index < -0.39 is 0 Å². The van der Waals surface area contributed by atoms with Crippen LogP contribution in [0.15, 0.2) is 58.6 Å². The summed E-state index contributed by atoms with van der Waals surface area (Å²) in [5, 5.41) is 2.20. The first-order valence-electron chi connectivity index (χ1n) is 12.6. The number of hydrogen-bond donors (Lipinski definition) is 1. The van der Waals surface area contributed by atoms with Gasteiger partial charge in [0.05, 0.1) is 23.4 Å². The molecule has 1 aliphatic rings. The second kappa shape index (κ2) is 9.84. The molecule has 6 nitrogen and oxygen atoms in total. The van der Waals surface area contributed by atoms with Gasteiger partial charge in [-0.1, -0.05) is 36.9 Å². The highest BCUT2D eigenvalue weighted by atomic mass is 32.2. The second-order valence-corrected chi connectivity index (χ2v) is 11.1. The van der Waals surface area contributed by atoms with Crippen molar-refractivity contribution < 1.29 is 9.53 Å². The number of aromatic nitrogens is 3. The summed E-state index contributed by atoms with van der Waals surface area (Å²) in [6.07, 6.45) is 5.69. The molecule has 2 aromatic carbocycles. The Kier molecular flexibility index (Phi) is 6.38. The molecular formula is C29H27N3O3S2. The van der Waals surface area contributed by atoms with Crippen molar-refractivity contribution in [2.24, 2.45) is 0 Å². The van der Waals surface area contributed by atoms with E-state index in [2.05, 4.69) is 18.0 Å². The third-order valence-corrected chi connectivity index (χ3v) is 9.05. The fourth-order valence-corrected chi connectivity index (χ4v) is 7.36. The number of nitrogens with one attached hydrogen (secondary N) is 1. The summed E-state index contributed by atoms with van der Waals surface area (Å²) in [5.41, 5.74) is 4.67. The van der Waals surface area contributed by atoms with Gasteiger partial charge in [0.15, 0.2) is 10.9 Å². The summed E-state index contributed by atoms with van der Waals surface area (Å²) in [4.78, 5) is 37.5. The number of thioether (sulfide) groups is 1. The number of ketones is 1. The van der Waals surface area contributed by atoms with Crippen molar-refractivity contribution in [3.8, 4) is 11.4 Å². The van der Waals surface area contributed by atoms with Crippen LogP contribution >= 0.6 is 23.1 Å². The standard InChI is InChI=1S/C29H27N3O3S2/c1-3-17-7-5-8-20-22(15-30-26(17)20)23(33)16-36-29-31-27-25(21-9-6-10-24(21)37-27)28(34)32(29)18-11-13-19(14-12-18)35-4-2/h5,7-8,11-15,30H,3-4,6,9-10,16H2,1-2H3. The van der Waals surface area contributed by atoms with Crippen LogP contribution in [0.4, 0.5) is 0 Å². The zero-order chi connectivity index (χ0) is 25.5. The lowest BCUT2D eigenvalue weighted by Crippen LogP contribution is -2.22. The van der Waals surface area contributed by atoms with Crippen LogP contribution in [0.25, 0.3) is 26.8 Å². The smallest absolute Gasteiger partial charge is 0.267 e. The SMILES string of the molecule is CCOc1ccc(-n2c(SCC(=O)c3c[nH]c4c(CC)cccc34)nc3sc4c(c3c2=O)CCC4)cc1. The van der Waals surface area contributed by atoms with Crippen LogP contribution in [0.1, 0.15) is 46.6 Å². The molecular weight excluding hydrogens is 502 g/mol. The molecule has 188 valence electrons. The first-order chi connectivity index (χ1) is 18.1. The molecule has 0 bridgehead atoms. The maximum atomic E-state index is 13.9. The molecule has 0 radical (unpaired) electrons. The number of rotatable bonds is 8. The number of aromatic amines is 1. The molecule has 0 unspecified atom stereocenters. The second-order valence-electron chi connectivity index (χ2n) is 9.11. The van der Waals surface area contributed by atoms with E-state index >= 15 is 0 Å². The Bertz CT molecular complexity index is 1700. The lowest BCUT2D eigenvalue weighted by molar-refractivity contribution is 0.102. The molecule has 0 atom stereocenters. The van der Waals surface area contributed by atoms with E-state index in [4.69, 9.17) is 9.72 Å². The van der Waals surface area contributed by atoms with Crippen molar-refractivity contribution in [2.45, 2.75) is 44.7 Å². The monoisotopic (exact) mass is 529 g/mol. The number of nitrogens with zero attached hydrogens (tertiary/aromatic N) is 2. The van der Waals surface area contributed by atoms with E-state index in [9.17, 15) is 9.59 Å². The Morgan fingerprint density at radius 3 is 2.78 bits per heavy atom. The topological polar surface area (TPSA) is 77.0 Å². The molecule has 8 heteroatoms. The Labute approximate surface area is 222 Å². The number of para-hydroxylation sites is 1. The number of aryl methyl sites for hydroxylation is 3. The van der Waals surface area contributed by atoms with Gasteiger partial charge < -0.3 is 9.72 Å². The average molecular weight is 530 g/mol. The summed E-state index contributed by atoms with van der Waals surface area (Å²) in [6, 6.07) is 13.5. The molecule has 6 rings (SSSR count). The highest BCUT2D eigenvalue weighted by molar-refractivity contribution is 7.99. The Hall–Kier alpha value is -3.36. The number of ether oxygens (including phenoxy) is 1. The Balaban J connectivity index is 1.39. The van der Waals surface area contributed by atoms with Gasteiger partial charge in [-0.3, -0.25) is 14.2 Å². The summed E-state index contributed by atoms with van der Waals surface area (Å²) in [7, 11) is 0. The van der Waals surface area contributed by atoms with Gasteiger partial charge in [-0.25, -0.2) is 4.98 Å². The van der Waals surface area contributed by atoms with Crippen molar-refractivity contribution in [3.63, 3.8) is 0 Å². The molecule has 0 fully saturated rings. The maximum Gasteiger partial charge on any atom is 0.267 e. The van der Waals surface area contributed by atoms with Gasteiger partial charge in [-0.2, -0.15) is 0 Å². The maximum absolute atomic E-state index is 13.9. The lowest BCUT2D eigenvalue weighted by Gasteiger charge is -2.13. The number of benzene rings is 2. The zero-order valence-electron chi connectivity index (χ0n) is 20.8. The largest absolute Gasteiger partial charge is 0.494 e. The van der Waals surface area contributed by atoms with Crippen LogP contribution in [0.2, 0.25) is 0 Å². The molecule has 0 saturated heterocycles. The van der Waals surface area contributed by atoms with E-state index in [1.807, 2.05) is 43.3 Å². The first-order valence-corrected chi connectivity index (χ1v) is 14.4. The van der Waals surface area contributed by atoms with Crippen molar-refractivity contribution in [2.75, 3.05) is 12.4 Å². The molecule has 0 amide bonds. The molecule has 37 heavy (non-hydrogen) atoms. The van der Waals surface area contributed by atoms with Crippen LogP contribution in [0.3, 0.4) is 0 Å². The van der Waals surface area contributed by atoms with Crippen molar-refractivity contribution >= 4 is 50.0 Å². The number of carbonyl (C=O) groups is 1. The van der Waals surface area contributed by atoms with Gasteiger partial charge >= 0.3 is 0 Å². The van der Waals surface area contributed by atoms with Gasteiger partial charge in [0.25, 0.3) is 5.56 Å². The summed E-state index contributed by atoms with van der Waals surface area (Å²) < 4.78 is 7.25. The molecule has 0 spiro atoms. The zero-order valence-corrected chi connectivity index (χ0v) is 22.4.